The predicted octanol–water partition coefficient (Wildman–Crippen LogP) is 2.78. The van der Waals surface area contributed by atoms with E-state index in [-0.39, 0.29) is 12.1 Å². The summed E-state index contributed by atoms with van der Waals surface area (Å²) in [6.07, 6.45) is 1.79. The van der Waals surface area contributed by atoms with Gasteiger partial charge in [0, 0.05) is 17.7 Å². The number of benzene rings is 1. The van der Waals surface area contributed by atoms with Gasteiger partial charge in [-0.25, -0.2) is 0 Å². The van der Waals surface area contributed by atoms with Crippen molar-refractivity contribution in [2.24, 2.45) is 5.84 Å². The van der Waals surface area contributed by atoms with Crippen molar-refractivity contribution in [2.75, 3.05) is 0 Å². The Bertz CT molecular complexity index is 547. The van der Waals surface area contributed by atoms with Crippen molar-refractivity contribution in [3.8, 4) is 5.75 Å². The van der Waals surface area contributed by atoms with E-state index in [4.69, 9.17) is 22.2 Å². The second-order valence-corrected chi connectivity index (χ2v) is 6.45. The standard InChI is InChI=1S/C14H15ClN2OS/c15-14-6-5-10(19-14)8-11(17-16)13-7-9-3-1-2-4-12(9)18-13/h1-6,11,13,17H,7-8,16H2. The lowest BCUT2D eigenvalue weighted by Gasteiger charge is -2.21. The number of nitrogens with two attached hydrogens (primary N) is 1. The van der Waals surface area contributed by atoms with E-state index in [9.17, 15) is 0 Å². The summed E-state index contributed by atoms with van der Waals surface area (Å²) in [6, 6.07) is 12.2. The van der Waals surface area contributed by atoms with Crippen LogP contribution in [-0.2, 0) is 12.8 Å². The Morgan fingerprint density at radius 3 is 2.89 bits per heavy atom. The molecule has 2 atom stereocenters. The lowest BCUT2D eigenvalue weighted by atomic mass is 10.0. The first-order chi connectivity index (χ1) is 9.26. The Hall–Kier alpha value is -1.07. The highest BCUT2D eigenvalue weighted by Gasteiger charge is 2.29. The first-order valence-electron chi connectivity index (χ1n) is 6.21. The van der Waals surface area contributed by atoms with Crippen molar-refractivity contribution >= 4 is 22.9 Å². The first kappa shape index (κ1) is 12.9. The third-order valence-corrected chi connectivity index (χ3v) is 4.64. The molecule has 0 saturated carbocycles. The number of para-hydroxylation sites is 1. The topological polar surface area (TPSA) is 47.3 Å². The Kier molecular flexibility index (Phi) is 3.75. The van der Waals surface area contributed by atoms with Gasteiger partial charge in [-0.15, -0.1) is 11.3 Å². The molecule has 3 nitrogen and oxygen atoms in total. The Labute approximate surface area is 121 Å². The summed E-state index contributed by atoms with van der Waals surface area (Å²) in [7, 11) is 0. The molecule has 19 heavy (non-hydrogen) atoms. The molecule has 3 rings (SSSR count). The zero-order chi connectivity index (χ0) is 13.2. The third-order valence-electron chi connectivity index (χ3n) is 3.38. The van der Waals surface area contributed by atoms with Gasteiger partial charge < -0.3 is 4.74 Å². The van der Waals surface area contributed by atoms with Crippen molar-refractivity contribution in [3.05, 3.63) is 51.2 Å². The van der Waals surface area contributed by atoms with Crippen LogP contribution < -0.4 is 16.0 Å². The zero-order valence-corrected chi connectivity index (χ0v) is 11.9. The maximum Gasteiger partial charge on any atom is 0.123 e. The van der Waals surface area contributed by atoms with Gasteiger partial charge in [0.2, 0.25) is 0 Å². The number of hydrazine groups is 1. The number of ether oxygens (including phenoxy) is 1. The van der Waals surface area contributed by atoms with E-state index in [0.717, 1.165) is 22.9 Å². The fourth-order valence-corrected chi connectivity index (χ4v) is 3.56. The Morgan fingerprint density at radius 1 is 1.37 bits per heavy atom. The Balaban J connectivity index is 1.71. The molecule has 1 aliphatic rings. The van der Waals surface area contributed by atoms with Crippen LogP contribution in [0.1, 0.15) is 10.4 Å². The summed E-state index contributed by atoms with van der Waals surface area (Å²) >= 11 is 7.54. The monoisotopic (exact) mass is 294 g/mol. The number of hydrogen-bond acceptors (Lipinski definition) is 4. The van der Waals surface area contributed by atoms with Crippen LogP contribution in [0.3, 0.4) is 0 Å². The highest BCUT2D eigenvalue weighted by molar-refractivity contribution is 7.16. The van der Waals surface area contributed by atoms with Crippen LogP contribution >= 0.6 is 22.9 Å². The molecule has 2 aromatic rings. The number of halogens is 1. The van der Waals surface area contributed by atoms with Crippen LogP contribution in [0.4, 0.5) is 0 Å². The largest absolute Gasteiger partial charge is 0.488 e. The Morgan fingerprint density at radius 2 is 2.21 bits per heavy atom. The van der Waals surface area contributed by atoms with Gasteiger partial charge in [0.1, 0.15) is 11.9 Å². The molecule has 0 amide bonds. The van der Waals surface area contributed by atoms with E-state index >= 15 is 0 Å². The molecule has 100 valence electrons. The predicted molar refractivity (Wildman–Crippen MR) is 78.7 cm³/mol. The molecule has 2 unspecified atom stereocenters. The van der Waals surface area contributed by atoms with E-state index in [1.807, 2.05) is 30.3 Å². The smallest absolute Gasteiger partial charge is 0.123 e. The van der Waals surface area contributed by atoms with Crippen LogP contribution in [0.15, 0.2) is 36.4 Å². The van der Waals surface area contributed by atoms with E-state index in [1.54, 1.807) is 11.3 Å². The second kappa shape index (κ2) is 5.51. The lowest BCUT2D eigenvalue weighted by molar-refractivity contribution is 0.178. The molecular weight excluding hydrogens is 280 g/mol. The van der Waals surface area contributed by atoms with Crippen molar-refractivity contribution in [1.82, 2.24) is 5.43 Å². The minimum Gasteiger partial charge on any atom is -0.488 e. The summed E-state index contributed by atoms with van der Waals surface area (Å²) in [4.78, 5) is 1.22. The van der Waals surface area contributed by atoms with Crippen LogP contribution in [0.25, 0.3) is 0 Å². The average Bonchev–Trinajstić information content (AvgIpc) is 3.01. The van der Waals surface area contributed by atoms with Gasteiger partial charge in [-0.3, -0.25) is 11.3 Å². The van der Waals surface area contributed by atoms with E-state index in [2.05, 4.69) is 11.5 Å². The van der Waals surface area contributed by atoms with E-state index in [1.165, 1.54) is 10.4 Å². The van der Waals surface area contributed by atoms with Gasteiger partial charge in [0.15, 0.2) is 0 Å². The first-order valence-corrected chi connectivity index (χ1v) is 7.40. The van der Waals surface area contributed by atoms with Gasteiger partial charge >= 0.3 is 0 Å². The van der Waals surface area contributed by atoms with Crippen LogP contribution in [0, 0.1) is 0 Å². The maximum atomic E-state index is 5.97. The molecule has 1 aliphatic heterocycles. The molecule has 0 aliphatic carbocycles. The number of rotatable bonds is 4. The molecule has 3 N–H and O–H groups in total. The fourth-order valence-electron chi connectivity index (χ4n) is 2.41. The van der Waals surface area contributed by atoms with Crippen molar-refractivity contribution in [3.63, 3.8) is 0 Å². The van der Waals surface area contributed by atoms with Gasteiger partial charge in [0.25, 0.3) is 0 Å². The van der Waals surface area contributed by atoms with Gasteiger partial charge in [-0.2, -0.15) is 0 Å². The molecule has 5 heteroatoms. The summed E-state index contributed by atoms with van der Waals surface area (Å²) < 4.78 is 6.77. The SMILES string of the molecule is NNC(Cc1ccc(Cl)s1)C1Cc2ccccc2O1. The van der Waals surface area contributed by atoms with Crippen molar-refractivity contribution < 1.29 is 4.74 Å². The molecule has 0 fully saturated rings. The van der Waals surface area contributed by atoms with Gasteiger partial charge in [-0.05, 0) is 23.8 Å². The summed E-state index contributed by atoms with van der Waals surface area (Å²) in [5, 5.41) is 0. The van der Waals surface area contributed by atoms with Crippen LogP contribution in [0.5, 0.6) is 5.75 Å². The summed E-state index contributed by atoms with van der Waals surface area (Å²) in [5.74, 6) is 6.65. The molecular formula is C14H15ClN2OS. The highest BCUT2D eigenvalue weighted by Crippen LogP contribution is 2.31. The van der Waals surface area contributed by atoms with E-state index in [0.29, 0.717) is 0 Å². The average molecular weight is 295 g/mol. The summed E-state index contributed by atoms with van der Waals surface area (Å²) in [6.45, 7) is 0. The molecule has 1 aromatic heterocycles. The minimum atomic E-state index is 0.0725. The normalized spacial score (nSPS) is 18.9. The van der Waals surface area contributed by atoms with Crippen molar-refractivity contribution in [2.45, 2.75) is 25.0 Å². The molecule has 1 aromatic carbocycles. The van der Waals surface area contributed by atoms with E-state index < -0.39 is 0 Å². The van der Waals surface area contributed by atoms with Crippen LogP contribution in [-0.4, -0.2) is 12.1 Å². The van der Waals surface area contributed by atoms with Gasteiger partial charge in [-0.1, -0.05) is 29.8 Å². The zero-order valence-electron chi connectivity index (χ0n) is 10.3. The number of thiophene rings is 1. The third kappa shape index (κ3) is 2.77. The maximum absolute atomic E-state index is 5.97. The lowest BCUT2D eigenvalue weighted by Crippen LogP contribution is -2.47. The van der Waals surface area contributed by atoms with Gasteiger partial charge in [0.05, 0.1) is 10.4 Å². The fraction of sp³-hybridized carbons (Fsp3) is 0.286. The molecule has 0 bridgehead atoms. The molecule has 0 radical (unpaired) electrons. The quantitative estimate of drug-likeness (QED) is 0.673. The molecule has 0 spiro atoms. The second-order valence-electron chi connectivity index (χ2n) is 4.65. The number of hydrogen-bond donors (Lipinski definition) is 2. The van der Waals surface area contributed by atoms with Crippen molar-refractivity contribution in [1.29, 1.82) is 0 Å². The number of fused-ring (bicyclic) bond motifs is 1. The minimum absolute atomic E-state index is 0.0725. The van der Waals surface area contributed by atoms with Crippen LogP contribution in [0.2, 0.25) is 4.34 Å². The molecule has 2 heterocycles. The number of nitrogens with one attached hydrogen (secondary N) is 1. The molecule has 0 saturated heterocycles. The highest BCUT2D eigenvalue weighted by atomic mass is 35.5. The summed E-state index contributed by atoms with van der Waals surface area (Å²) in [5.41, 5.74) is 4.12.